The lowest BCUT2D eigenvalue weighted by atomic mass is 10.1. The molecular weight excluding hydrogens is 176 g/mol. The molecule has 0 saturated carbocycles. The van der Waals surface area contributed by atoms with Crippen molar-refractivity contribution in [2.24, 2.45) is 5.73 Å². The molecule has 4 nitrogen and oxygen atoms in total. The average molecular weight is 192 g/mol. The Morgan fingerprint density at radius 2 is 1.93 bits per heavy atom. The van der Waals surface area contributed by atoms with E-state index in [1.54, 1.807) is 12.1 Å². The number of hydrogen-bond donors (Lipinski definition) is 3. The molecule has 0 fully saturated rings. The van der Waals surface area contributed by atoms with Crippen LogP contribution in [-0.4, -0.2) is 19.0 Å². The molecule has 76 valence electrons. The molecule has 0 radical (unpaired) electrons. The first-order chi connectivity index (χ1) is 6.50. The van der Waals surface area contributed by atoms with E-state index in [0.717, 1.165) is 5.56 Å². The Bertz CT molecular complexity index is 355. The predicted octanol–water partition coefficient (Wildman–Crippen LogP) is 0.670. The summed E-state index contributed by atoms with van der Waals surface area (Å²) in [4.78, 5) is 1.87. The Morgan fingerprint density at radius 1 is 1.29 bits per heavy atom. The van der Waals surface area contributed by atoms with E-state index >= 15 is 0 Å². The fourth-order valence-electron chi connectivity index (χ4n) is 1.19. The minimum atomic E-state index is 0.598. The molecule has 0 amide bonds. The molecular formula is C10H16N4. The molecule has 4 heteroatoms. The molecule has 0 aromatic heterocycles. The maximum absolute atomic E-state index is 5.85. The summed E-state index contributed by atoms with van der Waals surface area (Å²) in [5.74, 6) is 0. The molecule has 1 aromatic carbocycles. The smallest absolute Gasteiger partial charge is 0.0570 e. The second kappa shape index (κ2) is 3.91. The van der Waals surface area contributed by atoms with Gasteiger partial charge in [-0.25, -0.2) is 0 Å². The average Bonchev–Trinajstić information content (AvgIpc) is 2.01. The predicted molar refractivity (Wildman–Crippen MR) is 61.1 cm³/mol. The van der Waals surface area contributed by atoms with Gasteiger partial charge in [-0.15, -0.1) is 0 Å². The minimum Gasteiger partial charge on any atom is -0.399 e. The van der Waals surface area contributed by atoms with Gasteiger partial charge in [-0.2, -0.15) is 0 Å². The lowest BCUT2D eigenvalue weighted by Crippen LogP contribution is -2.08. The van der Waals surface area contributed by atoms with Crippen molar-refractivity contribution < 1.29 is 0 Å². The maximum atomic E-state index is 5.85. The Kier molecular flexibility index (Phi) is 2.86. The molecule has 0 heterocycles. The monoisotopic (exact) mass is 192 g/mol. The maximum Gasteiger partial charge on any atom is 0.0570 e. The van der Waals surface area contributed by atoms with Crippen molar-refractivity contribution in [3.05, 3.63) is 30.0 Å². The summed E-state index contributed by atoms with van der Waals surface area (Å²) in [6.45, 7) is 0. The first-order valence-electron chi connectivity index (χ1n) is 4.30. The van der Waals surface area contributed by atoms with Crippen LogP contribution in [0.5, 0.6) is 0 Å². The van der Waals surface area contributed by atoms with Gasteiger partial charge in [-0.1, -0.05) is 0 Å². The third-order valence-corrected chi connectivity index (χ3v) is 1.78. The Hall–Kier alpha value is -1.84. The highest BCUT2D eigenvalue weighted by Crippen LogP contribution is 2.20. The molecule has 1 aromatic rings. The molecule has 0 aliphatic carbocycles. The van der Waals surface area contributed by atoms with Crippen molar-refractivity contribution in [2.75, 3.05) is 25.6 Å². The molecule has 1 rings (SSSR count). The largest absolute Gasteiger partial charge is 0.399 e. The van der Waals surface area contributed by atoms with Crippen LogP contribution in [0.15, 0.2) is 24.4 Å². The number of rotatable bonds is 2. The van der Waals surface area contributed by atoms with Gasteiger partial charge in [-0.05, 0) is 18.2 Å². The van der Waals surface area contributed by atoms with E-state index in [-0.39, 0.29) is 0 Å². The normalized spacial score (nSPS) is 11.4. The van der Waals surface area contributed by atoms with E-state index in [1.165, 1.54) is 0 Å². The zero-order valence-electron chi connectivity index (χ0n) is 8.49. The highest BCUT2D eigenvalue weighted by atomic mass is 15.0. The molecule has 0 saturated heterocycles. The van der Waals surface area contributed by atoms with Gasteiger partial charge in [0.25, 0.3) is 0 Å². The van der Waals surface area contributed by atoms with Gasteiger partial charge in [0, 0.05) is 37.2 Å². The number of hydrogen-bond acceptors (Lipinski definition) is 4. The van der Waals surface area contributed by atoms with Crippen molar-refractivity contribution in [2.45, 2.75) is 0 Å². The summed E-state index contributed by atoms with van der Waals surface area (Å²) in [5.41, 5.74) is 19.9. The van der Waals surface area contributed by atoms with Crippen LogP contribution in [0.25, 0.3) is 5.70 Å². The molecule has 0 atom stereocenters. The summed E-state index contributed by atoms with van der Waals surface area (Å²) < 4.78 is 0. The molecule has 0 spiro atoms. The lowest BCUT2D eigenvalue weighted by Gasteiger charge is -2.10. The van der Waals surface area contributed by atoms with E-state index in [2.05, 4.69) is 0 Å². The summed E-state index contributed by atoms with van der Waals surface area (Å²) >= 11 is 0. The van der Waals surface area contributed by atoms with Gasteiger partial charge in [0.2, 0.25) is 0 Å². The van der Waals surface area contributed by atoms with Gasteiger partial charge in [-0.3, -0.25) is 0 Å². The summed E-state index contributed by atoms with van der Waals surface area (Å²) in [7, 11) is 3.81. The quantitative estimate of drug-likeness (QED) is 0.601. The summed E-state index contributed by atoms with van der Waals surface area (Å²) in [5, 5.41) is 0. The Labute approximate surface area is 84.0 Å². The second-order valence-corrected chi connectivity index (χ2v) is 3.39. The number of anilines is 2. The van der Waals surface area contributed by atoms with Gasteiger partial charge >= 0.3 is 0 Å². The minimum absolute atomic E-state index is 0.598. The van der Waals surface area contributed by atoms with Crippen molar-refractivity contribution in [1.82, 2.24) is 4.90 Å². The third kappa shape index (κ3) is 2.32. The highest BCUT2D eigenvalue weighted by Gasteiger charge is 2.02. The van der Waals surface area contributed by atoms with Crippen LogP contribution in [-0.2, 0) is 0 Å². The highest BCUT2D eigenvalue weighted by molar-refractivity contribution is 5.75. The van der Waals surface area contributed by atoms with Crippen LogP contribution >= 0.6 is 0 Å². The van der Waals surface area contributed by atoms with E-state index in [1.807, 2.05) is 31.3 Å². The second-order valence-electron chi connectivity index (χ2n) is 3.39. The fourth-order valence-corrected chi connectivity index (χ4v) is 1.19. The molecule has 0 aliphatic rings. The number of benzene rings is 1. The SMILES string of the molecule is CN(C)/C=C(\N)c1ccc(N)cc1N. The number of nitrogen functional groups attached to an aromatic ring is 2. The molecule has 0 bridgehead atoms. The van der Waals surface area contributed by atoms with Crippen LogP contribution in [0.4, 0.5) is 11.4 Å². The standard InChI is InChI=1S/C10H16N4/c1-14(2)6-10(13)8-4-3-7(11)5-9(8)12/h3-6H,11-13H2,1-2H3/b10-6-. The van der Waals surface area contributed by atoms with Crippen molar-refractivity contribution >= 4 is 17.1 Å². The fraction of sp³-hybridized carbons (Fsp3) is 0.200. The van der Waals surface area contributed by atoms with Crippen molar-refractivity contribution in [3.63, 3.8) is 0 Å². The molecule has 6 N–H and O–H groups in total. The van der Waals surface area contributed by atoms with Gasteiger partial charge in [0.1, 0.15) is 0 Å². The van der Waals surface area contributed by atoms with Crippen LogP contribution in [0.1, 0.15) is 5.56 Å². The molecule has 14 heavy (non-hydrogen) atoms. The third-order valence-electron chi connectivity index (χ3n) is 1.78. The van der Waals surface area contributed by atoms with Crippen LogP contribution in [0, 0.1) is 0 Å². The van der Waals surface area contributed by atoms with Gasteiger partial charge in [0.15, 0.2) is 0 Å². The van der Waals surface area contributed by atoms with Crippen LogP contribution < -0.4 is 17.2 Å². The molecule has 0 unspecified atom stereocenters. The zero-order valence-corrected chi connectivity index (χ0v) is 8.49. The van der Waals surface area contributed by atoms with Crippen LogP contribution in [0.2, 0.25) is 0 Å². The first kappa shape index (κ1) is 10.2. The van der Waals surface area contributed by atoms with E-state index in [4.69, 9.17) is 17.2 Å². The first-order valence-corrected chi connectivity index (χ1v) is 4.30. The van der Waals surface area contributed by atoms with Crippen molar-refractivity contribution in [1.29, 1.82) is 0 Å². The topological polar surface area (TPSA) is 81.3 Å². The van der Waals surface area contributed by atoms with E-state index < -0.39 is 0 Å². The lowest BCUT2D eigenvalue weighted by molar-refractivity contribution is 0.565. The van der Waals surface area contributed by atoms with Gasteiger partial charge < -0.3 is 22.1 Å². The van der Waals surface area contributed by atoms with Gasteiger partial charge in [0.05, 0.1) is 5.70 Å². The number of nitrogens with two attached hydrogens (primary N) is 3. The van der Waals surface area contributed by atoms with Crippen LogP contribution in [0.3, 0.4) is 0 Å². The van der Waals surface area contributed by atoms with Crippen molar-refractivity contribution in [3.8, 4) is 0 Å². The Morgan fingerprint density at radius 3 is 2.43 bits per heavy atom. The van der Waals surface area contributed by atoms with E-state index in [9.17, 15) is 0 Å². The molecule has 0 aliphatic heterocycles. The number of nitrogens with zero attached hydrogens (tertiary/aromatic N) is 1. The summed E-state index contributed by atoms with van der Waals surface area (Å²) in [6, 6.07) is 5.30. The Balaban J connectivity index is 3.07. The summed E-state index contributed by atoms with van der Waals surface area (Å²) in [6.07, 6.45) is 1.81. The van der Waals surface area contributed by atoms with E-state index in [0.29, 0.717) is 17.1 Å². The zero-order chi connectivity index (χ0) is 10.7.